The number of nitrogens with one attached hydrogen (secondary N) is 1. The maximum absolute atomic E-state index is 11.4. The van der Waals surface area contributed by atoms with Crippen molar-refractivity contribution in [1.29, 1.82) is 0 Å². The van der Waals surface area contributed by atoms with Gasteiger partial charge in [0.05, 0.1) is 0 Å². The van der Waals surface area contributed by atoms with Gasteiger partial charge in [0.25, 0.3) is 0 Å². The number of carbonyl (C=O) groups is 1. The van der Waals surface area contributed by atoms with Gasteiger partial charge in [-0.3, -0.25) is 4.79 Å². The summed E-state index contributed by atoms with van der Waals surface area (Å²) in [5, 5.41) is 10.1. The second kappa shape index (κ2) is 5.45. The monoisotopic (exact) mass is 251 g/mol. The van der Waals surface area contributed by atoms with E-state index in [9.17, 15) is 4.79 Å². The Morgan fingerprint density at radius 1 is 1.47 bits per heavy atom. The molecule has 0 aliphatic heterocycles. The molecule has 6 heteroatoms. The van der Waals surface area contributed by atoms with E-state index in [1.165, 1.54) is 6.39 Å². The Morgan fingerprint density at radius 3 is 3.06 bits per heavy atom. The molecule has 0 atom stereocenters. The van der Waals surface area contributed by atoms with E-state index in [0.29, 0.717) is 17.5 Å². The minimum Gasteiger partial charge on any atom is -0.423 e. The first-order valence-electron chi connectivity index (χ1n) is 5.02. The maximum atomic E-state index is 11.4. The van der Waals surface area contributed by atoms with E-state index < -0.39 is 0 Å². The van der Waals surface area contributed by atoms with Gasteiger partial charge >= 0.3 is 0 Å². The van der Waals surface area contributed by atoms with E-state index in [1.807, 2.05) is 6.07 Å². The highest BCUT2D eigenvalue weighted by Crippen LogP contribution is 2.20. The first-order valence-corrected chi connectivity index (χ1v) is 5.55. The van der Waals surface area contributed by atoms with E-state index >= 15 is 0 Å². The molecule has 1 amide bonds. The van der Waals surface area contributed by atoms with Gasteiger partial charge in [-0.05, 0) is 18.2 Å². The molecule has 17 heavy (non-hydrogen) atoms. The Labute approximate surface area is 103 Å². The number of alkyl halides is 1. The molecule has 0 aliphatic rings. The topological polar surface area (TPSA) is 68.0 Å². The van der Waals surface area contributed by atoms with Gasteiger partial charge in [0.15, 0.2) is 0 Å². The summed E-state index contributed by atoms with van der Waals surface area (Å²) < 4.78 is 5.07. The first kappa shape index (κ1) is 11.6. The molecule has 0 radical (unpaired) electrons. The molecule has 1 heterocycles. The van der Waals surface area contributed by atoms with Crippen molar-refractivity contribution in [3.05, 3.63) is 30.7 Å². The molecular weight excluding hydrogens is 242 g/mol. The van der Waals surface area contributed by atoms with Crippen LogP contribution in [0, 0.1) is 0 Å². The van der Waals surface area contributed by atoms with Gasteiger partial charge in [-0.15, -0.1) is 21.8 Å². The fraction of sp³-hybridized carbons (Fsp3) is 0.182. The molecule has 0 spiro atoms. The minimum absolute atomic E-state index is 0.123. The molecule has 0 saturated carbocycles. The average molecular weight is 252 g/mol. The molecule has 2 aromatic rings. The fourth-order valence-corrected chi connectivity index (χ4v) is 1.51. The van der Waals surface area contributed by atoms with Crippen molar-refractivity contribution in [1.82, 2.24) is 10.2 Å². The molecule has 0 unspecified atom stereocenters. The van der Waals surface area contributed by atoms with Crippen LogP contribution in [0.1, 0.15) is 6.42 Å². The van der Waals surface area contributed by atoms with E-state index in [4.69, 9.17) is 16.0 Å². The number of anilines is 1. The summed E-state index contributed by atoms with van der Waals surface area (Å²) in [5.74, 6) is 0.593. The van der Waals surface area contributed by atoms with Crippen molar-refractivity contribution in [2.75, 3.05) is 11.2 Å². The predicted molar refractivity (Wildman–Crippen MR) is 63.7 cm³/mol. The zero-order valence-electron chi connectivity index (χ0n) is 8.89. The average Bonchev–Trinajstić information content (AvgIpc) is 2.83. The highest BCUT2D eigenvalue weighted by atomic mass is 35.5. The van der Waals surface area contributed by atoms with Crippen molar-refractivity contribution >= 4 is 23.2 Å². The van der Waals surface area contributed by atoms with Crippen molar-refractivity contribution in [2.24, 2.45) is 0 Å². The van der Waals surface area contributed by atoms with Gasteiger partial charge in [-0.25, -0.2) is 0 Å². The lowest BCUT2D eigenvalue weighted by molar-refractivity contribution is -0.115. The van der Waals surface area contributed by atoms with Crippen LogP contribution in [0.25, 0.3) is 11.5 Å². The van der Waals surface area contributed by atoms with Crippen LogP contribution >= 0.6 is 11.6 Å². The summed E-state index contributed by atoms with van der Waals surface area (Å²) in [7, 11) is 0. The first-order chi connectivity index (χ1) is 8.29. The normalized spacial score (nSPS) is 10.2. The van der Waals surface area contributed by atoms with Gasteiger partial charge in [0, 0.05) is 23.6 Å². The van der Waals surface area contributed by atoms with E-state index in [1.54, 1.807) is 18.2 Å². The fourth-order valence-electron chi connectivity index (χ4n) is 1.34. The Balaban J connectivity index is 2.15. The van der Waals surface area contributed by atoms with Gasteiger partial charge in [0.1, 0.15) is 0 Å². The number of halogens is 1. The summed E-state index contributed by atoms with van der Waals surface area (Å²) in [6.07, 6.45) is 1.54. The SMILES string of the molecule is O=C(CCCl)Nc1cccc(-c2nnco2)c1. The smallest absolute Gasteiger partial charge is 0.247 e. The number of carbonyl (C=O) groups excluding carboxylic acids is 1. The van der Waals surface area contributed by atoms with Crippen molar-refractivity contribution in [2.45, 2.75) is 6.42 Å². The van der Waals surface area contributed by atoms with Crippen LogP contribution in [0.3, 0.4) is 0 Å². The third kappa shape index (κ3) is 3.04. The van der Waals surface area contributed by atoms with Gasteiger partial charge in [0.2, 0.25) is 18.2 Å². The highest BCUT2D eigenvalue weighted by molar-refractivity contribution is 6.19. The van der Waals surface area contributed by atoms with Crippen molar-refractivity contribution in [3.63, 3.8) is 0 Å². The highest BCUT2D eigenvalue weighted by Gasteiger charge is 2.06. The molecule has 0 fully saturated rings. The lowest BCUT2D eigenvalue weighted by atomic mass is 10.2. The minimum atomic E-state index is -0.123. The summed E-state index contributed by atoms with van der Waals surface area (Å²) in [4.78, 5) is 11.4. The standard InChI is InChI=1S/C11H10ClN3O2/c12-5-4-10(16)14-9-3-1-2-8(6-9)11-15-13-7-17-11/h1-3,6-7H,4-5H2,(H,14,16). The molecule has 0 saturated heterocycles. The van der Waals surface area contributed by atoms with E-state index in [-0.39, 0.29) is 12.3 Å². The van der Waals surface area contributed by atoms with Crippen molar-refractivity contribution in [3.8, 4) is 11.5 Å². The summed E-state index contributed by atoms with van der Waals surface area (Å²) >= 11 is 5.48. The Kier molecular flexibility index (Phi) is 3.72. The molecule has 88 valence electrons. The lowest BCUT2D eigenvalue weighted by Crippen LogP contribution is -2.11. The van der Waals surface area contributed by atoms with Gasteiger partial charge in [-0.1, -0.05) is 6.07 Å². The zero-order valence-corrected chi connectivity index (χ0v) is 9.65. The number of nitrogens with zero attached hydrogens (tertiary/aromatic N) is 2. The number of amides is 1. The van der Waals surface area contributed by atoms with Crippen LogP contribution in [0.5, 0.6) is 0 Å². The Hall–Kier alpha value is -1.88. The molecule has 1 N–H and O–H groups in total. The van der Waals surface area contributed by atoms with Crippen LogP contribution in [0.2, 0.25) is 0 Å². The van der Waals surface area contributed by atoms with Crippen LogP contribution in [-0.2, 0) is 4.79 Å². The maximum Gasteiger partial charge on any atom is 0.247 e. The molecule has 5 nitrogen and oxygen atoms in total. The van der Waals surface area contributed by atoms with Crippen LogP contribution < -0.4 is 5.32 Å². The number of benzene rings is 1. The number of aromatic nitrogens is 2. The van der Waals surface area contributed by atoms with Crippen LogP contribution in [0.4, 0.5) is 5.69 Å². The second-order valence-electron chi connectivity index (χ2n) is 3.31. The molecule has 2 rings (SSSR count). The van der Waals surface area contributed by atoms with Crippen LogP contribution in [-0.4, -0.2) is 22.0 Å². The predicted octanol–water partition coefficient (Wildman–Crippen LogP) is 2.30. The molecule has 1 aromatic heterocycles. The second-order valence-corrected chi connectivity index (χ2v) is 3.69. The third-order valence-corrected chi connectivity index (χ3v) is 2.26. The molecule has 0 bridgehead atoms. The zero-order chi connectivity index (χ0) is 12.1. The summed E-state index contributed by atoms with van der Waals surface area (Å²) in [6, 6.07) is 7.17. The quantitative estimate of drug-likeness (QED) is 0.847. The summed E-state index contributed by atoms with van der Waals surface area (Å²) in [5.41, 5.74) is 1.43. The molecular formula is C11H10ClN3O2. The van der Waals surface area contributed by atoms with Crippen LogP contribution in [0.15, 0.2) is 35.1 Å². The summed E-state index contributed by atoms with van der Waals surface area (Å²) in [6.45, 7) is 0. The van der Waals surface area contributed by atoms with Gasteiger partial charge < -0.3 is 9.73 Å². The van der Waals surface area contributed by atoms with Gasteiger partial charge in [-0.2, -0.15) is 0 Å². The number of rotatable bonds is 4. The van der Waals surface area contributed by atoms with E-state index in [0.717, 1.165) is 5.56 Å². The Morgan fingerprint density at radius 2 is 2.35 bits per heavy atom. The largest absolute Gasteiger partial charge is 0.423 e. The van der Waals surface area contributed by atoms with E-state index in [2.05, 4.69) is 15.5 Å². The molecule has 0 aliphatic carbocycles. The molecule has 1 aromatic carbocycles. The Bertz CT molecular complexity index is 499. The van der Waals surface area contributed by atoms with Crippen molar-refractivity contribution < 1.29 is 9.21 Å². The lowest BCUT2D eigenvalue weighted by Gasteiger charge is -2.04. The number of hydrogen-bond donors (Lipinski definition) is 1. The third-order valence-electron chi connectivity index (χ3n) is 2.07. The number of hydrogen-bond acceptors (Lipinski definition) is 4.